The molecule has 0 bridgehead atoms. The molecule has 1 aliphatic heterocycles. The molecule has 1 aliphatic rings. The molecule has 2 aromatic rings. The molecule has 11 heteroatoms. The molecule has 1 unspecified atom stereocenters. The first kappa shape index (κ1) is 14.0. The molecular weight excluding hydrogens is 286 g/mol. The van der Waals surface area contributed by atoms with Gasteiger partial charge in [0.05, 0.1) is 12.9 Å². The highest BCUT2D eigenvalue weighted by atomic mass is 16.6. The number of ether oxygens (including phenoxy) is 1. The fourth-order valence-electron chi connectivity index (χ4n) is 2.22. The molecular formula is C10H13N5O6. The van der Waals surface area contributed by atoms with Crippen molar-refractivity contribution in [3.05, 3.63) is 16.7 Å². The normalized spacial score (nSPS) is 33.4. The zero-order valence-electron chi connectivity index (χ0n) is 10.6. The molecule has 0 radical (unpaired) electrons. The van der Waals surface area contributed by atoms with Crippen molar-refractivity contribution in [3.63, 3.8) is 0 Å². The van der Waals surface area contributed by atoms with E-state index in [1.165, 1.54) is 6.33 Å². The first-order valence-electron chi connectivity index (χ1n) is 6.13. The summed E-state index contributed by atoms with van der Waals surface area (Å²) in [6.45, 7) is -0.601. The van der Waals surface area contributed by atoms with Gasteiger partial charge in [-0.05, 0) is 0 Å². The van der Waals surface area contributed by atoms with Crippen LogP contribution in [0, 0.1) is 0 Å². The number of hydrogen-bond donors (Lipinski definition) is 5. The van der Waals surface area contributed by atoms with Crippen LogP contribution in [0.1, 0.15) is 6.23 Å². The van der Waals surface area contributed by atoms with Gasteiger partial charge in [-0.2, -0.15) is 4.68 Å². The maximum Gasteiger partial charge on any atom is 0.298 e. The summed E-state index contributed by atoms with van der Waals surface area (Å²) >= 11 is 0. The second kappa shape index (κ2) is 5.13. The van der Waals surface area contributed by atoms with Crippen molar-refractivity contribution in [3.8, 4) is 0 Å². The van der Waals surface area contributed by atoms with Crippen LogP contribution in [0.15, 0.2) is 11.1 Å². The number of nitrogens with one attached hydrogen (secondary N) is 1. The van der Waals surface area contributed by atoms with E-state index >= 15 is 0 Å². The van der Waals surface area contributed by atoms with Crippen LogP contribution < -0.4 is 5.56 Å². The van der Waals surface area contributed by atoms with Crippen molar-refractivity contribution in [2.45, 2.75) is 30.6 Å². The molecule has 0 amide bonds. The monoisotopic (exact) mass is 299 g/mol. The largest absolute Gasteiger partial charge is 0.394 e. The Morgan fingerprint density at radius 3 is 2.76 bits per heavy atom. The summed E-state index contributed by atoms with van der Waals surface area (Å²) in [6.07, 6.45) is -6.01. The Labute approximate surface area is 116 Å². The van der Waals surface area contributed by atoms with E-state index in [1.807, 2.05) is 0 Å². The summed E-state index contributed by atoms with van der Waals surface area (Å²) in [5, 5.41) is 45.8. The minimum Gasteiger partial charge on any atom is -0.394 e. The molecule has 3 rings (SSSR count). The Hall–Kier alpha value is -1.92. The number of rotatable bonds is 2. The standard InChI is InChI=1S/C10H13N5O6/c16-1-3-5(17)6(18)7(19)10(21-3)15-9(20)4-8(13-14-15)12-2-11-4/h2-3,5-7,10,16-19H,1H2,(H,11,12)/t3?,5-,6+,7-,10-/m1/s1. The van der Waals surface area contributed by atoms with Gasteiger partial charge in [0.25, 0.3) is 5.56 Å². The molecule has 21 heavy (non-hydrogen) atoms. The maximum atomic E-state index is 12.2. The summed E-state index contributed by atoms with van der Waals surface area (Å²) < 4.78 is 5.96. The number of fused-ring (bicyclic) bond motifs is 1. The van der Waals surface area contributed by atoms with E-state index in [4.69, 9.17) is 9.84 Å². The lowest BCUT2D eigenvalue weighted by Crippen LogP contribution is -2.58. The van der Waals surface area contributed by atoms with Crippen LogP contribution in [-0.4, -0.2) is 76.4 Å². The van der Waals surface area contributed by atoms with Gasteiger partial charge in [-0.3, -0.25) is 4.79 Å². The number of nitrogens with zero attached hydrogens (tertiary/aromatic N) is 4. The van der Waals surface area contributed by atoms with Crippen LogP contribution in [0.2, 0.25) is 0 Å². The van der Waals surface area contributed by atoms with Gasteiger partial charge in [0.2, 0.25) is 5.65 Å². The first-order chi connectivity index (χ1) is 10.0. The number of hydrogen-bond acceptors (Lipinski definition) is 9. The highest BCUT2D eigenvalue weighted by Crippen LogP contribution is 2.26. The fourth-order valence-corrected chi connectivity index (χ4v) is 2.22. The van der Waals surface area contributed by atoms with Crippen LogP contribution in [0.3, 0.4) is 0 Å². The van der Waals surface area contributed by atoms with Crippen LogP contribution in [-0.2, 0) is 4.74 Å². The van der Waals surface area contributed by atoms with Crippen molar-refractivity contribution in [1.82, 2.24) is 25.0 Å². The smallest absolute Gasteiger partial charge is 0.298 e. The summed E-state index contributed by atoms with van der Waals surface area (Å²) in [5.74, 6) is 0. The third-order valence-electron chi connectivity index (χ3n) is 3.39. The molecule has 5 atom stereocenters. The number of imidazole rings is 1. The fraction of sp³-hybridized carbons (Fsp3) is 0.600. The van der Waals surface area contributed by atoms with Gasteiger partial charge < -0.3 is 30.1 Å². The average Bonchev–Trinajstić information content (AvgIpc) is 2.96. The van der Waals surface area contributed by atoms with Gasteiger partial charge in [0, 0.05) is 0 Å². The average molecular weight is 299 g/mol. The van der Waals surface area contributed by atoms with E-state index < -0.39 is 42.8 Å². The lowest BCUT2D eigenvalue weighted by atomic mass is 9.98. The highest BCUT2D eigenvalue weighted by Gasteiger charge is 2.45. The summed E-state index contributed by atoms with van der Waals surface area (Å²) in [5.41, 5.74) is -0.510. The van der Waals surface area contributed by atoms with Crippen molar-refractivity contribution in [2.75, 3.05) is 6.61 Å². The zero-order valence-corrected chi connectivity index (χ0v) is 10.6. The third-order valence-corrected chi connectivity index (χ3v) is 3.39. The van der Waals surface area contributed by atoms with Crippen LogP contribution in [0.5, 0.6) is 0 Å². The lowest BCUT2D eigenvalue weighted by Gasteiger charge is -2.39. The molecule has 0 spiro atoms. The van der Waals surface area contributed by atoms with Gasteiger partial charge >= 0.3 is 0 Å². The molecule has 5 N–H and O–H groups in total. The second-order valence-corrected chi connectivity index (χ2v) is 4.66. The van der Waals surface area contributed by atoms with Crippen molar-refractivity contribution >= 4 is 11.2 Å². The molecule has 1 saturated heterocycles. The summed E-state index contributed by atoms with van der Waals surface area (Å²) in [7, 11) is 0. The number of aromatic nitrogens is 5. The van der Waals surface area contributed by atoms with Crippen LogP contribution in [0.4, 0.5) is 0 Å². The Morgan fingerprint density at radius 1 is 1.29 bits per heavy atom. The molecule has 0 saturated carbocycles. The lowest BCUT2D eigenvalue weighted by molar-refractivity contribution is -0.255. The zero-order chi connectivity index (χ0) is 15.1. The Kier molecular flexibility index (Phi) is 3.43. The number of aliphatic hydroxyl groups is 4. The molecule has 11 nitrogen and oxygen atoms in total. The van der Waals surface area contributed by atoms with Crippen molar-refractivity contribution in [2.24, 2.45) is 0 Å². The van der Waals surface area contributed by atoms with E-state index in [-0.39, 0.29) is 11.2 Å². The summed E-state index contributed by atoms with van der Waals surface area (Å²) in [6, 6.07) is 0. The molecule has 0 aromatic carbocycles. The Balaban J connectivity index is 2.04. The quantitative estimate of drug-likeness (QED) is 0.377. The SMILES string of the molecule is O=c1c2[nH]cnc2nnn1[C@@H]1OC(CO)[C@@H](O)[C@H](O)[C@H]1O. The minimum absolute atomic E-state index is 0.0574. The van der Waals surface area contributed by atoms with Gasteiger partial charge in [-0.1, -0.05) is 5.21 Å². The number of H-pyrrole nitrogens is 1. The van der Waals surface area contributed by atoms with Gasteiger partial charge in [0.15, 0.2) is 11.7 Å². The van der Waals surface area contributed by atoms with E-state index in [9.17, 15) is 20.1 Å². The summed E-state index contributed by atoms with van der Waals surface area (Å²) in [4.78, 5) is 18.6. The van der Waals surface area contributed by atoms with Gasteiger partial charge in [-0.25, -0.2) is 4.98 Å². The molecule has 114 valence electrons. The number of aliphatic hydroxyl groups excluding tert-OH is 4. The molecule has 0 aliphatic carbocycles. The van der Waals surface area contributed by atoms with E-state index in [2.05, 4.69) is 20.3 Å². The Bertz CT molecular complexity index is 699. The second-order valence-electron chi connectivity index (χ2n) is 4.66. The van der Waals surface area contributed by atoms with Gasteiger partial charge in [-0.15, -0.1) is 5.10 Å². The maximum absolute atomic E-state index is 12.2. The van der Waals surface area contributed by atoms with E-state index in [0.717, 1.165) is 4.68 Å². The van der Waals surface area contributed by atoms with Crippen LogP contribution in [0.25, 0.3) is 11.2 Å². The minimum atomic E-state index is -1.62. The van der Waals surface area contributed by atoms with Crippen LogP contribution >= 0.6 is 0 Å². The van der Waals surface area contributed by atoms with E-state index in [1.54, 1.807) is 0 Å². The highest BCUT2D eigenvalue weighted by molar-refractivity contribution is 5.67. The topological polar surface area (TPSA) is 167 Å². The molecule has 1 fully saturated rings. The molecule has 3 heterocycles. The predicted octanol–water partition coefficient (Wildman–Crippen LogP) is -3.51. The number of aromatic amines is 1. The van der Waals surface area contributed by atoms with Gasteiger partial charge in [0.1, 0.15) is 24.4 Å². The third kappa shape index (κ3) is 2.11. The van der Waals surface area contributed by atoms with E-state index in [0.29, 0.717) is 0 Å². The first-order valence-corrected chi connectivity index (χ1v) is 6.13. The molecule has 2 aromatic heterocycles. The van der Waals surface area contributed by atoms with Crippen molar-refractivity contribution in [1.29, 1.82) is 0 Å². The predicted molar refractivity (Wildman–Crippen MR) is 65.0 cm³/mol. The Morgan fingerprint density at radius 2 is 2.05 bits per heavy atom. The van der Waals surface area contributed by atoms with Crippen molar-refractivity contribution < 1.29 is 25.2 Å².